The van der Waals surface area contributed by atoms with E-state index < -0.39 is 17.6 Å². The molecular formula is C17H14ClFN4O2S. The number of amides is 2. The van der Waals surface area contributed by atoms with Gasteiger partial charge in [-0.2, -0.15) is 16.4 Å². The molecule has 0 aliphatic carbocycles. The lowest BCUT2D eigenvalue weighted by molar-refractivity contribution is -0.136. The number of aromatic nitrogens is 2. The highest BCUT2D eigenvalue weighted by Gasteiger charge is 2.19. The number of hydrogen-bond donors (Lipinski definition) is 2. The van der Waals surface area contributed by atoms with Gasteiger partial charge in [0.25, 0.3) is 0 Å². The highest BCUT2D eigenvalue weighted by molar-refractivity contribution is 7.08. The van der Waals surface area contributed by atoms with Gasteiger partial charge in [0.2, 0.25) is 0 Å². The van der Waals surface area contributed by atoms with Gasteiger partial charge in [0.1, 0.15) is 5.82 Å². The van der Waals surface area contributed by atoms with Crippen molar-refractivity contribution in [2.45, 2.75) is 6.04 Å². The Balaban J connectivity index is 1.63. The summed E-state index contributed by atoms with van der Waals surface area (Å²) in [4.78, 5) is 24.1. The molecule has 0 bridgehead atoms. The first-order valence-corrected chi connectivity index (χ1v) is 8.92. The Bertz CT molecular complexity index is 865. The Morgan fingerprint density at radius 3 is 2.81 bits per heavy atom. The van der Waals surface area contributed by atoms with Crippen LogP contribution in [0.25, 0.3) is 0 Å². The predicted molar refractivity (Wildman–Crippen MR) is 97.7 cm³/mol. The van der Waals surface area contributed by atoms with Gasteiger partial charge in [-0.15, -0.1) is 0 Å². The molecule has 2 amide bonds. The summed E-state index contributed by atoms with van der Waals surface area (Å²) in [5.41, 5.74) is 1.21. The van der Waals surface area contributed by atoms with Crippen LogP contribution in [0.4, 0.5) is 10.1 Å². The summed E-state index contributed by atoms with van der Waals surface area (Å²) in [6.45, 7) is 0.189. The van der Waals surface area contributed by atoms with E-state index in [9.17, 15) is 14.0 Å². The minimum Gasteiger partial charge on any atom is -0.345 e. The van der Waals surface area contributed by atoms with E-state index in [1.807, 2.05) is 16.8 Å². The number of nitrogens with one attached hydrogen (secondary N) is 2. The highest BCUT2D eigenvalue weighted by Crippen LogP contribution is 2.20. The second-order valence-corrected chi connectivity index (χ2v) is 6.54. The van der Waals surface area contributed by atoms with Crippen LogP contribution in [0.1, 0.15) is 11.6 Å². The van der Waals surface area contributed by atoms with Crippen LogP contribution in [-0.4, -0.2) is 28.1 Å². The lowest BCUT2D eigenvalue weighted by Gasteiger charge is -2.17. The lowest BCUT2D eigenvalue weighted by Crippen LogP contribution is -2.38. The van der Waals surface area contributed by atoms with Crippen LogP contribution in [0.5, 0.6) is 0 Å². The standard InChI is InChI=1S/C17H14ClFN4O2S/c18-13-8-12(2-3-14(13)19)22-17(25)16(24)20-9-15(11-4-7-26-10-11)23-6-1-5-21-23/h1-8,10,15H,9H2,(H,20,24)(H,22,25)/t15-/m1/s1. The number of nitrogens with zero attached hydrogens (tertiary/aromatic N) is 2. The van der Waals surface area contributed by atoms with Crippen molar-refractivity contribution in [1.29, 1.82) is 0 Å². The number of carbonyl (C=O) groups is 2. The third-order valence-electron chi connectivity index (χ3n) is 3.61. The molecular weight excluding hydrogens is 379 g/mol. The molecule has 134 valence electrons. The average molecular weight is 393 g/mol. The third-order valence-corrected chi connectivity index (χ3v) is 4.60. The van der Waals surface area contributed by atoms with Crippen molar-refractivity contribution in [2.75, 3.05) is 11.9 Å². The Hall–Kier alpha value is -2.71. The third kappa shape index (κ3) is 4.27. The molecule has 0 fully saturated rings. The Morgan fingerprint density at radius 2 is 2.15 bits per heavy atom. The van der Waals surface area contributed by atoms with E-state index in [0.29, 0.717) is 0 Å². The largest absolute Gasteiger partial charge is 0.345 e. The van der Waals surface area contributed by atoms with Crippen molar-refractivity contribution in [2.24, 2.45) is 0 Å². The average Bonchev–Trinajstić information content (AvgIpc) is 3.32. The fourth-order valence-electron chi connectivity index (χ4n) is 2.33. The smallest absolute Gasteiger partial charge is 0.313 e. The summed E-state index contributed by atoms with van der Waals surface area (Å²) in [5.74, 6) is -2.28. The zero-order valence-electron chi connectivity index (χ0n) is 13.4. The molecule has 26 heavy (non-hydrogen) atoms. The zero-order valence-corrected chi connectivity index (χ0v) is 14.9. The number of benzene rings is 1. The van der Waals surface area contributed by atoms with E-state index in [4.69, 9.17) is 11.6 Å². The predicted octanol–water partition coefficient (Wildman–Crippen LogP) is 3.08. The number of carbonyl (C=O) groups excluding carboxylic acids is 2. The van der Waals surface area contributed by atoms with Gasteiger partial charge >= 0.3 is 11.8 Å². The van der Waals surface area contributed by atoms with Crippen LogP contribution in [0.2, 0.25) is 5.02 Å². The molecule has 2 heterocycles. The second-order valence-electron chi connectivity index (χ2n) is 5.35. The minimum absolute atomic E-state index is 0.139. The molecule has 2 aromatic heterocycles. The molecule has 1 atom stereocenters. The Morgan fingerprint density at radius 1 is 1.31 bits per heavy atom. The summed E-state index contributed by atoms with van der Waals surface area (Å²) >= 11 is 7.19. The van der Waals surface area contributed by atoms with Crippen molar-refractivity contribution in [3.63, 3.8) is 0 Å². The van der Waals surface area contributed by atoms with Crippen molar-refractivity contribution in [3.05, 3.63) is 69.9 Å². The van der Waals surface area contributed by atoms with Gasteiger partial charge in [-0.25, -0.2) is 4.39 Å². The van der Waals surface area contributed by atoms with Gasteiger partial charge in [0.15, 0.2) is 0 Å². The van der Waals surface area contributed by atoms with Crippen LogP contribution in [-0.2, 0) is 9.59 Å². The van der Waals surface area contributed by atoms with Crippen LogP contribution in [0.3, 0.4) is 0 Å². The maximum atomic E-state index is 13.1. The number of halogens is 2. The van der Waals surface area contributed by atoms with Crippen LogP contribution in [0.15, 0.2) is 53.5 Å². The number of rotatable bonds is 5. The fraction of sp³-hybridized carbons (Fsp3) is 0.118. The molecule has 3 aromatic rings. The van der Waals surface area contributed by atoms with Crippen molar-refractivity contribution in [1.82, 2.24) is 15.1 Å². The lowest BCUT2D eigenvalue weighted by atomic mass is 10.1. The molecule has 9 heteroatoms. The normalized spacial score (nSPS) is 11.8. The quantitative estimate of drug-likeness (QED) is 0.655. The number of anilines is 1. The SMILES string of the molecule is O=C(NC[C@H](c1ccsc1)n1cccn1)C(=O)Nc1ccc(F)c(Cl)c1. The summed E-state index contributed by atoms with van der Waals surface area (Å²) < 4.78 is 14.9. The topological polar surface area (TPSA) is 76.0 Å². The maximum absolute atomic E-state index is 13.1. The van der Waals surface area contributed by atoms with Gasteiger partial charge in [-0.05, 0) is 46.7 Å². The van der Waals surface area contributed by atoms with Gasteiger partial charge < -0.3 is 10.6 Å². The first-order chi connectivity index (χ1) is 12.5. The number of thiophene rings is 1. The molecule has 0 unspecified atom stereocenters. The van der Waals surface area contributed by atoms with Crippen LogP contribution < -0.4 is 10.6 Å². The number of hydrogen-bond acceptors (Lipinski definition) is 4. The molecule has 0 saturated carbocycles. The molecule has 0 saturated heterocycles. The second kappa shape index (κ2) is 8.11. The minimum atomic E-state index is -0.864. The summed E-state index contributed by atoms with van der Waals surface area (Å²) in [6.07, 6.45) is 3.43. The van der Waals surface area contributed by atoms with E-state index in [0.717, 1.165) is 11.6 Å². The van der Waals surface area contributed by atoms with E-state index in [-0.39, 0.29) is 23.3 Å². The molecule has 0 radical (unpaired) electrons. The van der Waals surface area contributed by atoms with Crippen molar-refractivity contribution >= 4 is 40.4 Å². The first-order valence-electron chi connectivity index (χ1n) is 7.60. The molecule has 0 spiro atoms. The monoisotopic (exact) mass is 392 g/mol. The zero-order chi connectivity index (χ0) is 18.5. The van der Waals surface area contributed by atoms with Gasteiger partial charge in [0, 0.05) is 24.6 Å². The van der Waals surface area contributed by atoms with Crippen LogP contribution in [0, 0.1) is 5.82 Å². The molecule has 3 rings (SSSR count). The van der Waals surface area contributed by atoms with E-state index in [1.165, 1.54) is 23.5 Å². The van der Waals surface area contributed by atoms with Crippen molar-refractivity contribution < 1.29 is 14.0 Å². The molecule has 1 aromatic carbocycles. The molecule has 0 aliphatic rings. The molecule has 2 N–H and O–H groups in total. The Labute approximate surface area is 157 Å². The van der Waals surface area contributed by atoms with E-state index in [2.05, 4.69) is 15.7 Å². The Kier molecular flexibility index (Phi) is 5.65. The van der Waals surface area contributed by atoms with Gasteiger partial charge in [0.05, 0.1) is 11.1 Å². The molecule has 6 nitrogen and oxygen atoms in total. The molecule has 0 aliphatic heterocycles. The first kappa shape index (κ1) is 18.1. The summed E-state index contributed by atoms with van der Waals surface area (Å²) in [7, 11) is 0. The van der Waals surface area contributed by atoms with E-state index >= 15 is 0 Å². The fourth-order valence-corrected chi connectivity index (χ4v) is 3.21. The van der Waals surface area contributed by atoms with Crippen molar-refractivity contribution in [3.8, 4) is 0 Å². The van der Waals surface area contributed by atoms with E-state index in [1.54, 1.807) is 23.1 Å². The van der Waals surface area contributed by atoms with Gasteiger partial charge in [-0.3, -0.25) is 14.3 Å². The summed E-state index contributed by atoms with van der Waals surface area (Å²) in [5, 5.41) is 12.9. The summed E-state index contributed by atoms with van der Waals surface area (Å²) in [6, 6.07) is 7.16. The van der Waals surface area contributed by atoms with Crippen LogP contribution >= 0.6 is 22.9 Å². The highest BCUT2D eigenvalue weighted by atomic mass is 35.5. The maximum Gasteiger partial charge on any atom is 0.313 e. The van der Waals surface area contributed by atoms with Gasteiger partial charge in [-0.1, -0.05) is 11.6 Å².